The average Bonchev–Trinajstić information content (AvgIpc) is 2.39. The van der Waals surface area contributed by atoms with E-state index in [2.05, 4.69) is 42.6 Å². The molecule has 0 fully saturated rings. The number of ether oxygens (including phenoxy) is 1. The Labute approximate surface area is 105 Å². The molecule has 2 heteroatoms. The topological polar surface area (TPSA) is 21.3 Å². The van der Waals surface area contributed by atoms with Crippen LogP contribution in [0.5, 0.6) is 0 Å². The monoisotopic (exact) mass is 235 g/mol. The average molecular weight is 235 g/mol. The van der Waals surface area contributed by atoms with Gasteiger partial charge in [-0.2, -0.15) is 0 Å². The minimum absolute atomic E-state index is 0.245. The normalized spacial score (nSPS) is 14.5. The Morgan fingerprint density at radius 1 is 1.24 bits per heavy atom. The van der Waals surface area contributed by atoms with Crippen molar-refractivity contribution in [2.45, 2.75) is 31.6 Å². The molecule has 0 aromatic heterocycles. The van der Waals surface area contributed by atoms with E-state index in [1.165, 1.54) is 12.0 Å². The molecule has 1 N–H and O–H groups in total. The van der Waals surface area contributed by atoms with Gasteiger partial charge >= 0.3 is 0 Å². The number of likely N-dealkylation sites (N-methyl/N-ethyl adjacent to an activating group) is 1. The van der Waals surface area contributed by atoms with Crippen LogP contribution in [0.1, 0.15) is 31.7 Å². The lowest BCUT2D eigenvalue weighted by Crippen LogP contribution is -2.36. The summed E-state index contributed by atoms with van der Waals surface area (Å²) >= 11 is 0. The Kier molecular flexibility index (Phi) is 6.23. The zero-order chi connectivity index (χ0) is 12.6. The Morgan fingerprint density at radius 3 is 2.47 bits per heavy atom. The molecule has 0 bridgehead atoms. The SMILES string of the molecule is CCC(CCCOC)(CNC)c1ccccc1. The van der Waals surface area contributed by atoms with Crippen molar-refractivity contribution in [1.82, 2.24) is 5.32 Å². The molecular weight excluding hydrogens is 210 g/mol. The van der Waals surface area contributed by atoms with Gasteiger partial charge in [0.15, 0.2) is 0 Å². The molecule has 96 valence electrons. The highest BCUT2D eigenvalue weighted by Crippen LogP contribution is 2.32. The predicted molar refractivity (Wildman–Crippen MR) is 73.4 cm³/mol. The lowest BCUT2D eigenvalue weighted by atomic mass is 9.74. The van der Waals surface area contributed by atoms with Gasteiger partial charge in [0.05, 0.1) is 0 Å². The number of hydrogen-bond acceptors (Lipinski definition) is 2. The van der Waals surface area contributed by atoms with Crippen molar-refractivity contribution in [3.63, 3.8) is 0 Å². The fourth-order valence-corrected chi connectivity index (χ4v) is 2.53. The Hall–Kier alpha value is -0.860. The third-order valence-corrected chi connectivity index (χ3v) is 3.58. The van der Waals surface area contributed by atoms with Gasteiger partial charge in [0.25, 0.3) is 0 Å². The molecule has 0 saturated carbocycles. The second-order valence-electron chi connectivity index (χ2n) is 4.63. The molecule has 1 rings (SSSR count). The van der Waals surface area contributed by atoms with Gasteiger partial charge in [0.2, 0.25) is 0 Å². The van der Waals surface area contributed by atoms with Gasteiger partial charge in [-0.15, -0.1) is 0 Å². The molecule has 0 spiro atoms. The highest BCUT2D eigenvalue weighted by molar-refractivity contribution is 5.25. The summed E-state index contributed by atoms with van der Waals surface area (Å²) in [6.45, 7) is 4.15. The van der Waals surface area contributed by atoms with Crippen molar-refractivity contribution in [3.8, 4) is 0 Å². The van der Waals surface area contributed by atoms with Gasteiger partial charge < -0.3 is 10.1 Å². The number of benzene rings is 1. The van der Waals surface area contributed by atoms with Crippen molar-refractivity contribution in [1.29, 1.82) is 0 Å². The first-order chi connectivity index (χ1) is 8.29. The van der Waals surface area contributed by atoms with Crippen molar-refractivity contribution >= 4 is 0 Å². The maximum absolute atomic E-state index is 5.18. The number of rotatable bonds is 8. The minimum Gasteiger partial charge on any atom is -0.385 e. The first kappa shape index (κ1) is 14.2. The van der Waals surface area contributed by atoms with E-state index < -0.39 is 0 Å². The molecule has 1 atom stereocenters. The first-order valence-electron chi connectivity index (χ1n) is 6.48. The van der Waals surface area contributed by atoms with E-state index in [0.717, 1.165) is 26.0 Å². The van der Waals surface area contributed by atoms with Crippen LogP contribution in [-0.4, -0.2) is 27.3 Å². The highest BCUT2D eigenvalue weighted by Gasteiger charge is 2.28. The van der Waals surface area contributed by atoms with Gasteiger partial charge in [-0.1, -0.05) is 37.3 Å². The van der Waals surface area contributed by atoms with Gasteiger partial charge in [0.1, 0.15) is 0 Å². The fourth-order valence-electron chi connectivity index (χ4n) is 2.53. The maximum atomic E-state index is 5.18. The molecule has 0 radical (unpaired) electrons. The van der Waals surface area contributed by atoms with E-state index in [9.17, 15) is 0 Å². The Balaban J connectivity index is 2.83. The van der Waals surface area contributed by atoms with Crippen LogP contribution < -0.4 is 5.32 Å². The van der Waals surface area contributed by atoms with Gasteiger partial charge in [-0.25, -0.2) is 0 Å². The van der Waals surface area contributed by atoms with Crippen LogP contribution >= 0.6 is 0 Å². The lowest BCUT2D eigenvalue weighted by Gasteiger charge is -2.33. The zero-order valence-corrected chi connectivity index (χ0v) is 11.3. The van der Waals surface area contributed by atoms with E-state index in [-0.39, 0.29) is 5.41 Å². The quantitative estimate of drug-likeness (QED) is 0.699. The molecule has 17 heavy (non-hydrogen) atoms. The van der Waals surface area contributed by atoms with Crippen LogP contribution in [0.3, 0.4) is 0 Å². The van der Waals surface area contributed by atoms with E-state index in [1.54, 1.807) is 7.11 Å². The van der Waals surface area contributed by atoms with Crippen molar-refractivity contribution < 1.29 is 4.74 Å². The summed E-state index contributed by atoms with van der Waals surface area (Å²) in [7, 11) is 3.80. The predicted octanol–water partition coefficient (Wildman–Crippen LogP) is 2.98. The van der Waals surface area contributed by atoms with Gasteiger partial charge in [-0.3, -0.25) is 0 Å². The molecule has 0 heterocycles. The summed E-state index contributed by atoms with van der Waals surface area (Å²) in [6, 6.07) is 10.8. The number of nitrogens with one attached hydrogen (secondary N) is 1. The van der Waals surface area contributed by atoms with Crippen LogP contribution in [-0.2, 0) is 10.2 Å². The second kappa shape index (κ2) is 7.46. The molecular formula is C15H25NO. The third-order valence-electron chi connectivity index (χ3n) is 3.58. The summed E-state index contributed by atoms with van der Waals surface area (Å²) in [6.07, 6.45) is 3.44. The van der Waals surface area contributed by atoms with Gasteiger partial charge in [-0.05, 0) is 31.9 Å². The zero-order valence-electron chi connectivity index (χ0n) is 11.3. The Bertz CT molecular complexity index is 299. The van der Waals surface area contributed by atoms with E-state index in [0.29, 0.717) is 0 Å². The molecule has 0 amide bonds. The minimum atomic E-state index is 0.245. The lowest BCUT2D eigenvalue weighted by molar-refractivity contribution is 0.181. The Morgan fingerprint density at radius 2 is 1.94 bits per heavy atom. The number of hydrogen-bond donors (Lipinski definition) is 1. The van der Waals surface area contributed by atoms with Crippen LogP contribution in [0.15, 0.2) is 30.3 Å². The van der Waals surface area contributed by atoms with Crippen LogP contribution in [0.4, 0.5) is 0 Å². The maximum Gasteiger partial charge on any atom is 0.0462 e. The third kappa shape index (κ3) is 3.83. The summed E-state index contributed by atoms with van der Waals surface area (Å²) in [4.78, 5) is 0. The van der Waals surface area contributed by atoms with E-state index >= 15 is 0 Å². The number of methoxy groups -OCH3 is 1. The molecule has 1 aromatic rings. The van der Waals surface area contributed by atoms with Crippen molar-refractivity contribution in [2.75, 3.05) is 27.3 Å². The molecule has 0 aliphatic carbocycles. The first-order valence-corrected chi connectivity index (χ1v) is 6.48. The summed E-state index contributed by atoms with van der Waals surface area (Å²) in [5.41, 5.74) is 1.68. The summed E-state index contributed by atoms with van der Waals surface area (Å²) < 4.78 is 5.18. The van der Waals surface area contributed by atoms with E-state index in [1.807, 2.05) is 7.05 Å². The smallest absolute Gasteiger partial charge is 0.0462 e. The van der Waals surface area contributed by atoms with Crippen molar-refractivity contribution in [3.05, 3.63) is 35.9 Å². The summed E-state index contributed by atoms with van der Waals surface area (Å²) in [5, 5.41) is 3.34. The molecule has 1 aromatic carbocycles. The molecule has 2 nitrogen and oxygen atoms in total. The highest BCUT2D eigenvalue weighted by atomic mass is 16.5. The van der Waals surface area contributed by atoms with Crippen LogP contribution in [0, 0.1) is 0 Å². The second-order valence-corrected chi connectivity index (χ2v) is 4.63. The van der Waals surface area contributed by atoms with Crippen LogP contribution in [0.2, 0.25) is 0 Å². The standard InChI is InChI=1S/C15H25NO/c1-4-15(13-16-2,11-8-12-17-3)14-9-6-5-7-10-14/h5-7,9-10,16H,4,8,11-13H2,1-3H3. The largest absolute Gasteiger partial charge is 0.385 e. The fraction of sp³-hybridized carbons (Fsp3) is 0.600. The van der Waals surface area contributed by atoms with Crippen LogP contribution in [0.25, 0.3) is 0 Å². The van der Waals surface area contributed by atoms with Crippen molar-refractivity contribution in [2.24, 2.45) is 0 Å². The van der Waals surface area contributed by atoms with Gasteiger partial charge in [0, 0.05) is 25.7 Å². The molecule has 1 unspecified atom stereocenters. The van der Waals surface area contributed by atoms with E-state index in [4.69, 9.17) is 4.74 Å². The molecule has 0 saturated heterocycles. The summed E-state index contributed by atoms with van der Waals surface area (Å²) in [5.74, 6) is 0. The molecule has 0 aliphatic rings. The molecule has 0 aliphatic heterocycles.